The van der Waals surface area contributed by atoms with Crippen LogP contribution < -0.4 is 19.5 Å². The average Bonchev–Trinajstić information content (AvgIpc) is 2.66. The molecule has 1 aliphatic heterocycles. The van der Waals surface area contributed by atoms with Crippen molar-refractivity contribution >= 4 is 11.6 Å². The van der Waals surface area contributed by atoms with Crippen LogP contribution in [0.25, 0.3) is 0 Å². The van der Waals surface area contributed by atoms with E-state index in [1.54, 1.807) is 19.2 Å². The number of rotatable bonds is 5. The Morgan fingerprint density at radius 2 is 1.67 bits per heavy atom. The number of hydrogen-bond donors (Lipinski definition) is 1. The minimum absolute atomic E-state index is 0.194. The Morgan fingerprint density at radius 1 is 1.04 bits per heavy atom. The van der Waals surface area contributed by atoms with E-state index in [9.17, 15) is 4.79 Å². The third-order valence-corrected chi connectivity index (χ3v) is 4.70. The van der Waals surface area contributed by atoms with Crippen molar-refractivity contribution in [2.45, 2.75) is 39.5 Å². The number of benzene rings is 2. The molecule has 1 amide bonds. The lowest BCUT2D eigenvalue weighted by Crippen LogP contribution is -2.19. The predicted molar refractivity (Wildman–Crippen MR) is 107 cm³/mol. The van der Waals surface area contributed by atoms with Crippen molar-refractivity contribution in [1.29, 1.82) is 0 Å². The number of nitrogens with one attached hydrogen (secondary N) is 1. The van der Waals surface area contributed by atoms with E-state index >= 15 is 0 Å². The van der Waals surface area contributed by atoms with Crippen LogP contribution in [0, 0.1) is 0 Å². The van der Waals surface area contributed by atoms with Crippen molar-refractivity contribution < 1.29 is 19.0 Å². The summed E-state index contributed by atoms with van der Waals surface area (Å²) in [6.07, 6.45) is 0. The largest absolute Gasteiger partial charge is 0.493 e. The number of fused-ring (bicyclic) bond motifs is 1. The molecular formula is C22H27NO4. The van der Waals surface area contributed by atoms with Crippen LogP contribution >= 0.6 is 0 Å². The molecule has 144 valence electrons. The first kappa shape index (κ1) is 19.1. The molecule has 1 aliphatic rings. The Labute approximate surface area is 160 Å². The van der Waals surface area contributed by atoms with Gasteiger partial charge in [-0.3, -0.25) is 4.79 Å². The monoisotopic (exact) mass is 369 g/mol. The van der Waals surface area contributed by atoms with Gasteiger partial charge in [0.05, 0.1) is 7.11 Å². The smallest absolute Gasteiger partial charge is 0.255 e. The molecule has 0 bridgehead atoms. The Kier molecular flexibility index (Phi) is 5.59. The molecule has 0 atom stereocenters. The van der Waals surface area contributed by atoms with E-state index in [4.69, 9.17) is 14.2 Å². The van der Waals surface area contributed by atoms with Crippen LogP contribution in [0.3, 0.4) is 0 Å². The number of amides is 1. The summed E-state index contributed by atoms with van der Waals surface area (Å²) < 4.78 is 16.7. The summed E-state index contributed by atoms with van der Waals surface area (Å²) in [5.41, 5.74) is 3.61. The van der Waals surface area contributed by atoms with Crippen molar-refractivity contribution in [2.24, 2.45) is 0 Å². The van der Waals surface area contributed by atoms with Gasteiger partial charge >= 0.3 is 0 Å². The SMILES string of the molecule is COc1cc(C(=O)Nc2c(C(C)C)cccc2C(C)C)cc2c1OCCO2. The zero-order chi connectivity index (χ0) is 19.6. The molecule has 1 N–H and O–H groups in total. The highest BCUT2D eigenvalue weighted by Gasteiger charge is 2.22. The molecule has 2 aromatic rings. The first-order chi connectivity index (χ1) is 12.9. The fourth-order valence-corrected chi connectivity index (χ4v) is 3.29. The second-order valence-electron chi connectivity index (χ2n) is 7.28. The lowest BCUT2D eigenvalue weighted by Gasteiger charge is -2.22. The number of carbonyl (C=O) groups excluding carboxylic acids is 1. The Morgan fingerprint density at radius 3 is 2.26 bits per heavy atom. The third kappa shape index (κ3) is 3.87. The van der Waals surface area contributed by atoms with Crippen molar-refractivity contribution in [2.75, 3.05) is 25.6 Å². The summed E-state index contributed by atoms with van der Waals surface area (Å²) in [6.45, 7) is 9.43. The van der Waals surface area contributed by atoms with E-state index in [2.05, 4.69) is 45.1 Å². The van der Waals surface area contributed by atoms with Crippen LogP contribution in [-0.4, -0.2) is 26.2 Å². The van der Waals surface area contributed by atoms with Gasteiger partial charge in [0.15, 0.2) is 11.5 Å². The van der Waals surface area contributed by atoms with Gasteiger partial charge in [-0.15, -0.1) is 0 Å². The summed E-state index contributed by atoms with van der Waals surface area (Å²) in [5, 5.41) is 3.13. The molecule has 5 nitrogen and oxygen atoms in total. The Balaban J connectivity index is 1.99. The standard InChI is InChI=1S/C22H27NO4/c1-13(2)16-7-6-8-17(14(3)4)20(16)23-22(24)15-11-18(25-5)21-19(12-15)26-9-10-27-21/h6-8,11-14H,9-10H2,1-5H3,(H,23,24). The van der Waals surface area contributed by atoms with Crippen LogP contribution in [0.2, 0.25) is 0 Å². The highest BCUT2D eigenvalue weighted by atomic mass is 16.6. The van der Waals surface area contributed by atoms with Crippen LogP contribution in [0.4, 0.5) is 5.69 Å². The number of para-hydroxylation sites is 1. The van der Waals surface area contributed by atoms with E-state index in [1.165, 1.54) is 0 Å². The van der Waals surface area contributed by atoms with Gasteiger partial charge in [0.2, 0.25) is 5.75 Å². The normalized spacial score (nSPS) is 13.0. The number of carbonyl (C=O) groups is 1. The maximum absolute atomic E-state index is 13.1. The van der Waals surface area contributed by atoms with E-state index < -0.39 is 0 Å². The Hall–Kier alpha value is -2.69. The second kappa shape index (κ2) is 7.91. The van der Waals surface area contributed by atoms with E-state index in [0.717, 1.165) is 16.8 Å². The van der Waals surface area contributed by atoms with Gasteiger partial charge in [-0.1, -0.05) is 45.9 Å². The van der Waals surface area contributed by atoms with Gasteiger partial charge in [0.1, 0.15) is 13.2 Å². The molecule has 0 saturated heterocycles. The van der Waals surface area contributed by atoms with Crippen LogP contribution in [0.15, 0.2) is 30.3 Å². The highest BCUT2D eigenvalue weighted by molar-refractivity contribution is 6.06. The molecular weight excluding hydrogens is 342 g/mol. The minimum atomic E-state index is -0.194. The molecule has 0 saturated carbocycles. The quantitative estimate of drug-likeness (QED) is 0.809. The number of ether oxygens (including phenoxy) is 3. The summed E-state index contributed by atoms with van der Waals surface area (Å²) >= 11 is 0. The van der Waals surface area contributed by atoms with E-state index in [-0.39, 0.29) is 5.91 Å². The summed E-state index contributed by atoms with van der Waals surface area (Å²) in [4.78, 5) is 13.1. The van der Waals surface area contributed by atoms with Crippen LogP contribution in [-0.2, 0) is 0 Å². The average molecular weight is 369 g/mol. The predicted octanol–water partition coefficient (Wildman–Crippen LogP) is 4.97. The van der Waals surface area contributed by atoms with Crippen molar-refractivity contribution in [3.63, 3.8) is 0 Å². The lowest BCUT2D eigenvalue weighted by molar-refractivity contribution is 0.102. The number of anilines is 1. The van der Waals surface area contributed by atoms with Gasteiger partial charge in [-0.25, -0.2) is 0 Å². The first-order valence-corrected chi connectivity index (χ1v) is 9.34. The highest BCUT2D eigenvalue weighted by Crippen LogP contribution is 2.41. The molecule has 5 heteroatoms. The summed E-state index contributed by atoms with van der Waals surface area (Å²) in [6, 6.07) is 9.58. The zero-order valence-electron chi connectivity index (χ0n) is 16.6. The molecule has 0 fully saturated rings. The van der Waals surface area contributed by atoms with Gasteiger partial charge in [0.25, 0.3) is 5.91 Å². The van der Waals surface area contributed by atoms with Gasteiger partial charge in [-0.05, 0) is 35.1 Å². The molecule has 27 heavy (non-hydrogen) atoms. The van der Waals surface area contributed by atoms with Gasteiger partial charge in [-0.2, -0.15) is 0 Å². The van der Waals surface area contributed by atoms with Crippen molar-refractivity contribution in [1.82, 2.24) is 0 Å². The second-order valence-corrected chi connectivity index (χ2v) is 7.28. The van der Waals surface area contributed by atoms with Gasteiger partial charge in [0, 0.05) is 11.3 Å². The molecule has 0 unspecified atom stereocenters. The minimum Gasteiger partial charge on any atom is -0.493 e. The van der Waals surface area contributed by atoms with E-state index in [0.29, 0.717) is 47.9 Å². The maximum atomic E-state index is 13.1. The van der Waals surface area contributed by atoms with Crippen molar-refractivity contribution in [3.05, 3.63) is 47.0 Å². The molecule has 0 spiro atoms. The molecule has 0 radical (unpaired) electrons. The molecule has 0 aromatic heterocycles. The van der Waals surface area contributed by atoms with Crippen LogP contribution in [0.5, 0.6) is 17.2 Å². The molecule has 1 heterocycles. The Bertz CT molecular complexity index is 799. The fourth-order valence-electron chi connectivity index (χ4n) is 3.29. The zero-order valence-corrected chi connectivity index (χ0v) is 16.6. The van der Waals surface area contributed by atoms with Crippen LogP contribution in [0.1, 0.15) is 61.0 Å². The summed E-state index contributed by atoms with van der Waals surface area (Å²) in [5.74, 6) is 1.99. The topological polar surface area (TPSA) is 56.8 Å². The first-order valence-electron chi connectivity index (χ1n) is 9.34. The third-order valence-electron chi connectivity index (χ3n) is 4.70. The number of methoxy groups -OCH3 is 1. The van der Waals surface area contributed by atoms with Gasteiger partial charge < -0.3 is 19.5 Å². The fraction of sp³-hybridized carbons (Fsp3) is 0.409. The molecule has 3 rings (SSSR count). The van der Waals surface area contributed by atoms with E-state index in [1.807, 2.05) is 6.07 Å². The summed E-state index contributed by atoms with van der Waals surface area (Å²) in [7, 11) is 1.56. The molecule has 2 aromatic carbocycles. The molecule has 0 aliphatic carbocycles. The van der Waals surface area contributed by atoms with Crippen molar-refractivity contribution in [3.8, 4) is 17.2 Å². The lowest BCUT2D eigenvalue weighted by atomic mass is 9.92. The number of hydrogen-bond acceptors (Lipinski definition) is 4. The maximum Gasteiger partial charge on any atom is 0.255 e.